The van der Waals surface area contributed by atoms with Crippen molar-refractivity contribution in [2.24, 2.45) is 0 Å². The molecule has 1 heteroatoms. The predicted molar refractivity (Wildman–Crippen MR) is 233 cm³/mol. The van der Waals surface area contributed by atoms with Crippen LogP contribution in [-0.2, 0) is 5.41 Å². The maximum atomic E-state index is 6.55. The fraction of sp³-hybridized carbons (Fsp3) is 0.0182. The van der Waals surface area contributed by atoms with E-state index in [0.29, 0.717) is 0 Å². The Kier molecular flexibility index (Phi) is 5.89. The summed E-state index contributed by atoms with van der Waals surface area (Å²) in [7, 11) is 0. The molecule has 1 spiro atoms. The van der Waals surface area contributed by atoms with E-state index in [2.05, 4.69) is 194 Å². The van der Waals surface area contributed by atoms with Gasteiger partial charge in [-0.3, -0.25) is 0 Å². The van der Waals surface area contributed by atoms with Gasteiger partial charge in [0.25, 0.3) is 0 Å². The lowest BCUT2D eigenvalue weighted by atomic mass is 9.70. The van der Waals surface area contributed by atoms with Crippen LogP contribution in [0.25, 0.3) is 98.8 Å². The molecule has 0 radical (unpaired) electrons. The number of hydrogen-bond acceptors (Lipinski definition) is 1. The standard InChI is InChI=1S/C55H32O/c1-6-24-44-34(15-1)45(32-46-39-19-10-14-28-51(39)56-54(44)46)53-42-22-4-2-20-40(42)52(41-21-3-5-23-43(41)53)33-29-30-38-37-18-9-13-27-49(37)55(50(38)31-33)47-25-11-7-16-35(47)36-17-8-12-26-48(36)55/h1-32H. The predicted octanol–water partition coefficient (Wildman–Crippen LogP) is 14.7. The lowest BCUT2D eigenvalue weighted by Crippen LogP contribution is -2.25. The number of benzene rings is 10. The van der Waals surface area contributed by atoms with E-state index in [1.165, 1.54) is 93.7 Å². The van der Waals surface area contributed by atoms with Gasteiger partial charge in [-0.25, -0.2) is 0 Å². The Morgan fingerprint density at radius 2 is 0.732 bits per heavy atom. The SMILES string of the molecule is c1ccc2c(c1)-c1ccccc1C21c2ccccc2-c2ccc(-c3c4ccccc4c(-c4cc5c6ccccc6oc5c5ccccc45)c4ccccc34)cc21. The molecule has 0 N–H and O–H groups in total. The molecule has 0 amide bonds. The second-order valence-corrected chi connectivity index (χ2v) is 15.4. The fourth-order valence-electron chi connectivity index (χ4n) is 10.7. The molecule has 0 atom stereocenters. The summed E-state index contributed by atoms with van der Waals surface area (Å²) in [5.74, 6) is 0. The Morgan fingerprint density at radius 3 is 1.32 bits per heavy atom. The molecule has 0 aliphatic heterocycles. The third-order valence-electron chi connectivity index (χ3n) is 12.9. The van der Waals surface area contributed by atoms with Gasteiger partial charge in [0.15, 0.2) is 0 Å². The Balaban J connectivity index is 1.14. The van der Waals surface area contributed by atoms with Gasteiger partial charge in [0, 0.05) is 16.2 Å². The van der Waals surface area contributed by atoms with Crippen LogP contribution in [0.15, 0.2) is 199 Å². The average Bonchev–Trinajstić information content (AvgIpc) is 3.89. The summed E-state index contributed by atoms with van der Waals surface area (Å²) in [6, 6.07) is 72.1. The van der Waals surface area contributed by atoms with Crippen molar-refractivity contribution in [2.45, 2.75) is 5.41 Å². The minimum atomic E-state index is -0.400. The molecule has 1 heterocycles. The first-order chi connectivity index (χ1) is 27.8. The number of rotatable bonds is 2. The normalized spacial score (nSPS) is 13.5. The molecule has 0 unspecified atom stereocenters. The zero-order chi connectivity index (χ0) is 36.5. The van der Waals surface area contributed by atoms with E-state index in [4.69, 9.17) is 4.42 Å². The first kappa shape index (κ1) is 30.1. The van der Waals surface area contributed by atoms with Crippen LogP contribution >= 0.6 is 0 Å². The van der Waals surface area contributed by atoms with Crippen molar-refractivity contribution in [2.75, 3.05) is 0 Å². The highest BCUT2D eigenvalue weighted by molar-refractivity contribution is 6.27. The van der Waals surface area contributed by atoms with E-state index in [1.807, 2.05) is 0 Å². The van der Waals surface area contributed by atoms with Gasteiger partial charge in [-0.1, -0.05) is 176 Å². The third kappa shape index (κ3) is 3.70. The average molecular weight is 709 g/mol. The van der Waals surface area contributed by atoms with Crippen LogP contribution in [-0.4, -0.2) is 0 Å². The molecule has 2 aliphatic rings. The summed E-state index contributed by atoms with van der Waals surface area (Å²) in [4.78, 5) is 0. The molecule has 0 fully saturated rings. The van der Waals surface area contributed by atoms with Crippen LogP contribution in [0.5, 0.6) is 0 Å². The highest BCUT2D eigenvalue weighted by Gasteiger charge is 2.51. The van der Waals surface area contributed by atoms with Gasteiger partial charge in [0.05, 0.1) is 5.41 Å². The molecule has 0 saturated heterocycles. The van der Waals surface area contributed by atoms with Crippen molar-refractivity contribution >= 4 is 54.3 Å². The second kappa shape index (κ2) is 10.9. The molecule has 1 aromatic heterocycles. The van der Waals surface area contributed by atoms with Crippen LogP contribution in [0.4, 0.5) is 0 Å². The second-order valence-electron chi connectivity index (χ2n) is 15.4. The monoisotopic (exact) mass is 708 g/mol. The molecule has 1 nitrogen and oxygen atoms in total. The fourth-order valence-corrected chi connectivity index (χ4v) is 10.7. The topological polar surface area (TPSA) is 13.1 Å². The van der Waals surface area contributed by atoms with Gasteiger partial charge in [0.1, 0.15) is 11.2 Å². The summed E-state index contributed by atoms with van der Waals surface area (Å²) >= 11 is 0. The van der Waals surface area contributed by atoms with Crippen LogP contribution in [0.1, 0.15) is 22.3 Å². The maximum absolute atomic E-state index is 6.55. The maximum Gasteiger partial charge on any atom is 0.143 e. The Labute approximate surface area is 323 Å². The molecule has 11 aromatic rings. The summed E-state index contributed by atoms with van der Waals surface area (Å²) in [5.41, 5.74) is 17.2. The first-order valence-electron chi connectivity index (χ1n) is 19.5. The van der Waals surface area contributed by atoms with Crippen molar-refractivity contribution in [3.8, 4) is 44.5 Å². The molecular formula is C55H32O. The van der Waals surface area contributed by atoms with Crippen molar-refractivity contribution in [3.63, 3.8) is 0 Å². The molecule has 56 heavy (non-hydrogen) atoms. The largest absolute Gasteiger partial charge is 0.455 e. The molecule has 0 bridgehead atoms. The summed E-state index contributed by atoms with van der Waals surface area (Å²) in [6.45, 7) is 0. The molecular weight excluding hydrogens is 677 g/mol. The van der Waals surface area contributed by atoms with Gasteiger partial charge in [-0.15, -0.1) is 0 Å². The van der Waals surface area contributed by atoms with Gasteiger partial charge in [-0.05, 0) is 112 Å². The van der Waals surface area contributed by atoms with E-state index in [0.717, 1.165) is 27.3 Å². The lowest BCUT2D eigenvalue weighted by Gasteiger charge is -2.31. The van der Waals surface area contributed by atoms with Crippen LogP contribution in [0, 0.1) is 0 Å². The minimum Gasteiger partial charge on any atom is -0.455 e. The third-order valence-corrected chi connectivity index (χ3v) is 12.9. The zero-order valence-corrected chi connectivity index (χ0v) is 30.4. The van der Waals surface area contributed by atoms with Gasteiger partial charge in [-0.2, -0.15) is 0 Å². The van der Waals surface area contributed by atoms with E-state index >= 15 is 0 Å². The molecule has 258 valence electrons. The molecule has 10 aromatic carbocycles. The van der Waals surface area contributed by atoms with E-state index < -0.39 is 5.41 Å². The van der Waals surface area contributed by atoms with Gasteiger partial charge >= 0.3 is 0 Å². The quantitative estimate of drug-likeness (QED) is 0.163. The minimum absolute atomic E-state index is 0.400. The van der Waals surface area contributed by atoms with Crippen LogP contribution in [0.3, 0.4) is 0 Å². The lowest BCUT2D eigenvalue weighted by molar-refractivity contribution is 0.672. The highest BCUT2D eigenvalue weighted by Crippen LogP contribution is 2.63. The van der Waals surface area contributed by atoms with E-state index in [1.54, 1.807) is 0 Å². The number of para-hydroxylation sites is 1. The first-order valence-corrected chi connectivity index (χ1v) is 19.5. The molecule has 13 rings (SSSR count). The number of furan rings is 1. The number of hydrogen-bond donors (Lipinski definition) is 0. The summed E-state index contributed by atoms with van der Waals surface area (Å²) in [6.07, 6.45) is 0. The van der Waals surface area contributed by atoms with Crippen molar-refractivity contribution < 1.29 is 4.42 Å². The van der Waals surface area contributed by atoms with Gasteiger partial charge in [0.2, 0.25) is 0 Å². The summed E-state index contributed by atoms with van der Waals surface area (Å²) in [5, 5.41) is 9.60. The molecule has 2 aliphatic carbocycles. The van der Waals surface area contributed by atoms with Crippen molar-refractivity contribution in [3.05, 3.63) is 216 Å². The number of fused-ring (bicyclic) bond motifs is 17. The van der Waals surface area contributed by atoms with E-state index in [9.17, 15) is 0 Å². The van der Waals surface area contributed by atoms with Crippen molar-refractivity contribution in [1.82, 2.24) is 0 Å². The van der Waals surface area contributed by atoms with Crippen LogP contribution in [0.2, 0.25) is 0 Å². The summed E-state index contributed by atoms with van der Waals surface area (Å²) < 4.78 is 6.55. The Bertz CT molecular complexity index is 3370. The van der Waals surface area contributed by atoms with Gasteiger partial charge < -0.3 is 4.42 Å². The zero-order valence-electron chi connectivity index (χ0n) is 30.4. The Morgan fingerprint density at radius 1 is 0.286 bits per heavy atom. The highest BCUT2D eigenvalue weighted by atomic mass is 16.3. The smallest absolute Gasteiger partial charge is 0.143 e. The molecule has 0 saturated carbocycles. The van der Waals surface area contributed by atoms with E-state index in [-0.39, 0.29) is 0 Å². The van der Waals surface area contributed by atoms with Crippen LogP contribution < -0.4 is 0 Å². The van der Waals surface area contributed by atoms with Crippen molar-refractivity contribution in [1.29, 1.82) is 0 Å². The Hall–Kier alpha value is -7.22.